The van der Waals surface area contributed by atoms with E-state index in [4.69, 9.17) is 14.3 Å². The third-order valence-corrected chi connectivity index (χ3v) is 4.22. The molecule has 0 saturated carbocycles. The predicted molar refractivity (Wildman–Crippen MR) is 108 cm³/mol. The summed E-state index contributed by atoms with van der Waals surface area (Å²) >= 11 is 0. The number of hydrogen-bond acceptors (Lipinski definition) is 10. The lowest BCUT2D eigenvalue weighted by Crippen LogP contribution is -2.40. The van der Waals surface area contributed by atoms with Crippen molar-refractivity contribution < 1.29 is 19.1 Å². The van der Waals surface area contributed by atoms with Crippen molar-refractivity contribution >= 4 is 23.3 Å². The van der Waals surface area contributed by atoms with Crippen molar-refractivity contribution in [1.29, 1.82) is 0 Å². The van der Waals surface area contributed by atoms with Gasteiger partial charge in [-0.15, -0.1) is 10.6 Å². The van der Waals surface area contributed by atoms with Crippen molar-refractivity contribution in [3.63, 3.8) is 0 Å². The number of benzene rings is 1. The number of amides is 1. The van der Waals surface area contributed by atoms with Gasteiger partial charge in [0.15, 0.2) is 18.2 Å². The molecular formula is C19H21N7O4. The number of hydrazine groups is 2. The molecule has 0 atom stereocenters. The molecule has 3 heterocycles. The number of aromatic nitrogens is 1. The zero-order chi connectivity index (χ0) is 20.8. The molecule has 1 aromatic carbocycles. The minimum atomic E-state index is -0.906. The van der Waals surface area contributed by atoms with E-state index in [9.17, 15) is 4.79 Å². The van der Waals surface area contributed by atoms with Crippen molar-refractivity contribution in [2.24, 2.45) is 10.3 Å². The number of hydrogen-bond donors (Lipinski definition) is 3. The summed E-state index contributed by atoms with van der Waals surface area (Å²) in [7, 11) is 1.81. The van der Waals surface area contributed by atoms with Crippen LogP contribution in [0.4, 0.5) is 5.82 Å². The monoisotopic (exact) mass is 411 g/mol. The van der Waals surface area contributed by atoms with Crippen LogP contribution in [0.3, 0.4) is 0 Å². The lowest BCUT2D eigenvalue weighted by Gasteiger charge is -2.14. The molecule has 30 heavy (non-hydrogen) atoms. The van der Waals surface area contributed by atoms with Gasteiger partial charge in [-0.1, -0.05) is 41.6 Å². The second kappa shape index (κ2) is 9.31. The molecule has 156 valence electrons. The summed E-state index contributed by atoms with van der Waals surface area (Å²) in [4.78, 5) is 22.0. The molecule has 0 unspecified atom stereocenters. The van der Waals surface area contributed by atoms with Crippen LogP contribution in [0.25, 0.3) is 0 Å². The summed E-state index contributed by atoms with van der Waals surface area (Å²) in [6.45, 7) is 0.896. The number of amidine groups is 1. The van der Waals surface area contributed by atoms with Crippen molar-refractivity contribution in [2.75, 3.05) is 25.6 Å². The Morgan fingerprint density at radius 3 is 2.77 bits per heavy atom. The Morgan fingerprint density at radius 2 is 2.03 bits per heavy atom. The Hall–Kier alpha value is -3.54. The fourth-order valence-corrected chi connectivity index (χ4v) is 2.80. The Balaban J connectivity index is 1.43. The average Bonchev–Trinajstić information content (AvgIpc) is 3.44. The Labute approximate surface area is 172 Å². The van der Waals surface area contributed by atoms with Gasteiger partial charge in [0.2, 0.25) is 6.29 Å². The van der Waals surface area contributed by atoms with Gasteiger partial charge in [-0.2, -0.15) is 0 Å². The third kappa shape index (κ3) is 4.71. The predicted octanol–water partition coefficient (Wildman–Crippen LogP) is 0.582. The number of oxime groups is 1. The van der Waals surface area contributed by atoms with Gasteiger partial charge < -0.3 is 19.6 Å². The second-order valence-corrected chi connectivity index (χ2v) is 6.37. The van der Waals surface area contributed by atoms with Crippen LogP contribution in [-0.2, 0) is 25.7 Å². The normalized spacial score (nSPS) is 16.9. The number of nitrogens with one attached hydrogen (secondary N) is 3. The summed E-state index contributed by atoms with van der Waals surface area (Å²) in [6, 6.07) is 14.8. The third-order valence-electron chi connectivity index (χ3n) is 4.22. The zero-order valence-corrected chi connectivity index (χ0v) is 16.2. The van der Waals surface area contributed by atoms with Gasteiger partial charge in [0.05, 0.1) is 18.9 Å². The van der Waals surface area contributed by atoms with E-state index in [0.29, 0.717) is 36.3 Å². The van der Waals surface area contributed by atoms with Gasteiger partial charge in [-0.3, -0.25) is 9.80 Å². The number of anilines is 1. The molecule has 2 aliphatic heterocycles. The first kappa shape index (κ1) is 19.8. The van der Waals surface area contributed by atoms with Crippen LogP contribution in [0.2, 0.25) is 0 Å². The van der Waals surface area contributed by atoms with Gasteiger partial charge in [0, 0.05) is 12.6 Å². The minimum absolute atomic E-state index is 0.105. The van der Waals surface area contributed by atoms with Crippen LogP contribution in [0.15, 0.2) is 58.8 Å². The molecule has 1 fully saturated rings. The van der Waals surface area contributed by atoms with E-state index in [1.54, 1.807) is 23.2 Å². The minimum Gasteiger partial charge on any atom is -0.389 e. The molecule has 0 radical (unpaired) electrons. The maximum absolute atomic E-state index is 12.1. The van der Waals surface area contributed by atoms with Crippen LogP contribution in [0, 0.1) is 0 Å². The van der Waals surface area contributed by atoms with E-state index in [1.165, 1.54) is 0 Å². The summed E-state index contributed by atoms with van der Waals surface area (Å²) in [5, 5.41) is 12.8. The molecular weight excluding hydrogens is 390 g/mol. The summed E-state index contributed by atoms with van der Waals surface area (Å²) in [6.07, 6.45) is -0.906. The topological polar surface area (TPSA) is 122 Å². The van der Waals surface area contributed by atoms with E-state index in [-0.39, 0.29) is 6.61 Å². The number of likely N-dealkylation sites (N-methyl/N-ethyl adjacent to an activating group) is 1. The van der Waals surface area contributed by atoms with E-state index < -0.39 is 12.2 Å². The molecule has 0 spiro atoms. The molecule has 2 aliphatic rings. The first-order chi connectivity index (χ1) is 14.7. The number of hydrazone groups is 1. The van der Waals surface area contributed by atoms with Crippen molar-refractivity contribution in [3.8, 4) is 0 Å². The molecule has 1 aromatic heterocycles. The molecule has 0 bridgehead atoms. The van der Waals surface area contributed by atoms with Crippen LogP contribution < -0.4 is 16.4 Å². The quantitative estimate of drug-likeness (QED) is 0.447. The molecule has 3 N–H and O–H groups in total. The van der Waals surface area contributed by atoms with Gasteiger partial charge in [0.25, 0.3) is 5.91 Å². The van der Waals surface area contributed by atoms with Crippen molar-refractivity contribution in [2.45, 2.75) is 12.9 Å². The lowest BCUT2D eigenvalue weighted by atomic mass is 10.1. The Bertz CT molecular complexity index is 945. The standard InChI is InChI=1S/C19H21N7O4/c1-26-17(22-24-25-26)16(13-6-3-2-4-7-13)23-30-12-14-8-5-9-15(20-14)21-18(27)19-28-10-11-29-19/h2-9,19,24-25H,10-12H2,1H3,(H,20,21,27)/b23-16-. The molecule has 1 amide bonds. The van der Waals surface area contributed by atoms with Crippen LogP contribution in [0.1, 0.15) is 11.3 Å². The van der Waals surface area contributed by atoms with Gasteiger partial charge in [-0.25, -0.2) is 10.5 Å². The maximum atomic E-state index is 12.1. The molecule has 1 saturated heterocycles. The van der Waals surface area contributed by atoms with Crippen molar-refractivity contribution in [3.05, 3.63) is 59.8 Å². The van der Waals surface area contributed by atoms with Crippen LogP contribution >= 0.6 is 0 Å². The van der Waals surface area contributed by atoms with E-state index in [1.807, 2.05) is 37.4 Å². The lowest BCUT2D eigenvalue weighted by molar-refractivity contribution is -0.140. The summed E-state index contributed by atoms with van der Waals surface area (Å²) in [5.41, 5.74) is 7.52. The molecule has 4 rings (SSSR count). The highest BCUT2D eigenvalue weighted by Crippen LogP contribution is 2.11. The fourth-order valence-electron chi connectivity index (χ4n) is 2.80. The Kier molecular flexibility index (Phi) is 6.13. The summed E-state index contributed by atoms with van der Waals surface area (Å²) in [5.74, 6) is 0.553. The molecule has 2 aromatic rings. The smallest absolute Gasteiger partial charge is 0.282 e. The van der Waals surface area contributed by atoms with Crippen LogP contribution in [-0.4, -0.2) is 54.0 Å². The maximum Gasteiger partial charge on any atom is 0.282 e. The Morgan fingerprint density at radius 1 is 1.23 bits per heavy atom. The molecule has 0 aliphatic carbocycles. The van der Waals surface area contributed by atoms with Gasteiger partial charge in [-0.05, 0) is 12.1 Å². The highest BCUT2D eigenvalue weighted by molar-refractivity contribution is 6.47. The highest BCUT2D eigenvalue weighted by atomic mass is 16.7. The van der Waals surface area contributed by atoms with E-state index in [2.05, 4.69) is 31.6 Å². The highest BCUT2D eigenvalue weighted by Gasteiger charge is 2.25. The van der Waals surface area contributed by atoms with E-state index in [0.717, 1.165) is 5.56 Å². The van der Waals surface area contributed by atoms with Gasteiger partial charge >= 0.3 is 0 Å². The zero-order valence-electron chi connectivity index (χ0n) is 16.2. The molecule has 11 heteroatoms. The number of carbonyl (C=O) groups excluding carboxylic acids is 1. The first-order valence-corrected chi connectivity index (χ1v) is 9.28. The van der Waals surface area contributed by atoms with E-state index >= 15 is 0 Å². The van der Waals surface area contributed by atoms with Gasteiger partial charge in [0.1, 0.15) is 5.82 Å². The second-order valence-electron chi connectivity index (χ2n) is 6.37. The number of ether oxygens (including phenoxy) is 2. The average molecular weight is 411 g/mol. The van der Waals surface area contributed by atoms with Crippen molar-refractivity contribution in [1.82, 2.24) is 21.1 Å². The van der Waals surface area contributed by atoms with Crippen LogP contribution in [0.5, 0.6) is 0 Å². The number of carbonyl (C=O) groups is 1. The number of pyridine rings is 1. The number of rotatable bonds is 7. The SMILES string of the molecule is CN1NNN=C1/C(=N\OCc1cccc(NC(=O)C2OCCO2)n1)c1ccccc1. The molecule has 11 nitrogen and oxygen atoms in total. The largest absolute Gasteiger partial charge is 0.389 e. The summed E-state index contributed by atoms with van der Waals surface area (Å²) < 4.78 is 10.4. The first-order valence-electron chi connectivity index (χ1n) is 9.28. The fraction of sp³-hybridized carbons (Fsp3) is 0.263. The number of nitrogens with zero attached hydrogens (tertiary/aromatic N) is 4.